The van der Waals surface area contributed by atoms with E-state index in [-0.39, 0.29) is 24.2 Å². The summed E-state index contributed by atoms with van der Waals surface area (Å²) >= 11 is 0. The van der Waals surface area contributed by atoms with Gasteiger partial charge in [0.05, 0.1) is 17.8 Å². The average Bonchev–Trinajstić information content (AvgIpc) is 3.54. The lowest BCUT2D eigenvalue weighted by Gasteiger charge is -2.65. The lowest BCUT2D eigenvalue weighted by atomic mass is 9.51. The van der Waals surface area contributed by atoms with Gasteiger partial charge in [0.15, 0.2) is 5.67 Å². The fourth-order valence-electron chi connectivity index (χ4n) is 9.08. The zero-order valence-corrected chi connectivity index (χ0v) is 21.1. The number of fused-ring (bicyclic) bond motifs is 2. The van der Waals surface area contributed by atoms with Crippen molar-refractivity contribution < 1.29 is 23.7 Å². The number of likely N-dealkylation sites (N-methyl/N-ethyl adjacent to an activating group) is 1. The third-order valence-corrected chi connectivity index (χ3v) is 11.0. The Labute approximate surface area is 209 Å². The molecule has 2 saturated heterocycles. The molecule has 0 amide bonds. The number of aromatic nitrogens is 2. The molecule has 9 atom stereocenters. The molecule has 7 rings (SSSR count). The molecule has 3 N–H and O–H groups in total. The predicted octanol–water partition coefficient (Wildman–Crippen LogP) is 3.93. The number of aromatic amines is 1. The van der Waals surface area contributed by atoms with E-state index in [9.17, 15) is 10.2 Å². The van der Waals surface area contributed by atoms with Crippen LogP contribution in [0.1, 0.15) is 57.4 Å². The Hall–Kier alpha value is -1.87. The van der Waals surface area contributed by atoms with E-state index < -0.39 is 47.2 Å². The highest BCUT2D eigenvalue weighted by Gasteiger charge is 2.82. The first kappa shape index (κ1) is 23.3. The number of nitrogens with zero attached hydrogens (tertiary/aromatic N) is 2. The molecule has 8 heteroatoms. The van der Waals surface area contributed by atoms with Crippen LogP contribution in [0.3, 0.4) is 0 Å². The minimum absolute atomic E-state index is 0.121. The Morgan fingerprint density at radius 3 is 2.72 bits per heavy atom. The van der Waals surface area contributed by atoms with Crippen molar-refractivity contribution in [3.8, 4) is 0 Å². The van der Waals surface area contributed by atoms with Crippen molar-refractivity contribution in [2.45, 2.75) is 92.7 Å². The normalized spacial score (nSPS) is 49.6. The number of halogens is 2. The second kappa shape index (κ2) is 6.95. The molecular weight excluding hydrogens is 464 g/mol. The Morgan fingerprint density at radius 2 is 1.94 bits per heavy atom. The van der Waals surface area contributed by atoms with Crippen LogP contribution in [-0.4, -0.2) is 80.2 Å². The molecule has 2 bridgehead atoms. The van der Waals surface area contributed by atoms with Gasteiger partial charge in [0.2, 0.25) is 0 Å². The van der Waals surface area contributed by atoms with Gasteiger partial charge in [-0.3, -0.25) is 5.10 Å². The highest BCUT2D eigenvalue weighted by molar-refractivity contribution is 5.84. The molecule has 9 unspecified atom stereocenters. The molecule has 1 aromatic carbocycles. The van der Waals surface area contributed by atoms with Gasteiger partial charge in [-0.2, -0.15) is 5.10 Å². The number of allylic oxidation sites excluding steroid dienone is 2. The average molecular weight is 500 g/mol. The second-order valence-electron chi connectivity index (χ2n) is 12.7. The van der Waals surface area contributed by atoms with Crippen LogP contribution in [0, 0.1) is 11.3 Å². The van der Waals surface area contributed by atoms with E-state index in [0.29, 0.717) is 25.7 Å². The lowest BCUT2D eigenvalue weighted by molar-refractivity contribution is -0.347. The first-order chi connectivity index (χ1) is 17.0. The van der Waals surface area contributed by atoms with Crippen molar-refractivity contribution in [2.75, 3.05) is 14.1 Å². The summed E-state index contributed by atoms with van der Waals surface area (Å²) in [6, 6.07) is 5.81. The molecule has 1 aromatic heterocycles. The van der Waals surface area contributed by atoms with E-state index in [2.05, 4.69) is 35.3 Å². The van der Waals surface area contributed by atoms with Crippen LogP contribution in [-0.2, 0) is 4.74 Å². The summed E-state index contributed by atoms with van der Waals surface area (Å²) in [6.07, 6.45) is 3.12. The summed E-state index contributed by atoms with van der Waals surface area (Å²) in [5.74, 6) is -0.121. The number of alkyl halides is 2. The summed E-state index contributed by atoms with van der Waals surface area (Å²) in [5.41, 5.74) is -3.62. The van der Waals surface area contributed by atoms with E-state index in [1.807, 2.05) is 31.3 Å². The fraction of sp³-hybridized carbons (Fsp3) is 0.679. The van der Waals surface area contributed by atoms with Gasteiger partial charge in [-0.15, -0.1) is 0 Å². The topological polar surface area (TPSA) is 81.6 Å². The SMILES string of the molecule is CN(C)C1CC23CCC4(O2)C2CC=C(c5ccc6[nH]ncc6c5)C2(C)CCC4(F)CC3(F)C(O)C1O. The number of aliphatic hydroxyl groups is 2. The molecule has 2 spiro atoms. The molecule has 36 heavy (non-hydrogen) atoms. The maximum absolute atomic E-state index is 17.2. The molecule has 3 aliphatic carbocycles. The second-order valence-corrected chi connectivity index (χ2v) is 12.7. The largest absolute Gasteiger partial charge is 0.389 e. The third-order valence-electron chi connectivity index (χ3n) is 11.0. The van der Waals surface area contributed by atoms with E-state index in [0.717, 1.165) is 16.5 Å². The van der Waals surface area contributed by atoms with Crippen LogP contribution in [0.15, 0.2) is 30.5 Å². The Balaban J connectivity index is 1.30. The van der Waals surface area contributed by atoms with Crippen molar-refractivity contribution in [3.05, 3.63) is 36.0 Å². The number of hydrogen-bond acceptors (Lipinski definition) is 5. The van der Waals surface area contributed by atoms with Crippen molar-refractivity contribution in [1.82, 2.24) is 15.1 Å². The predicted molar refractivity (Wildman–Crippen MR) is 132 cm³/mol. The standard InChI is InChI=1S/C28H35F2N3O3/c1-24-8-9-25(29)15-27(30)23(35)22(34)20(33(2)3)13-26(27)10-11-28(25,36-26)21(24)7-5-18(24)16-4-6-19-17(12-16)14-31-32-19/h4-6,12,14,20-23,34-35H,7-11,13,15H2,1-3H3,(H,31,32). The Bertz CT molecular complexity index is 1280. The van der Waals surface area contributed by atoms with Crippen molar-refractivity contribution >= 4 is 16.5 Å². The Morgan fingerprint density at radius 1 is 1.14 bits per heavy atom. The maximum atomic E-state index is 17.2. The minimum atomic E-state index is -2.32. The van der Waals surface area contributed by atoms with Gasteiger partial charge < -0.3 is 19.8 Å². The number of H-pyrrole nitrogens is 1. The molecule has 5 aliphatic rings. The van der Waals surface area contributed by atoms with Gasteiger partial charge in [0.1, 0.15) is 23.0 Å². The number of hydrogen-bond donors (Lipinski definition) is 3. The van der Waals surface area contributed by atoms with E-state index in [1.165, 1.54) is 5.57 Å². The molecule has 0 radical (unpaired) electrons. The molecule has 3 heterocycles. The first-order valence-electron chi connectivity index (χ1n) is 13.2. The van der Waals surface area contributed by atoms with Gasteiger partial charge in [0, 0.05) is 23.8 Å². The van der Waals surface area contributed by atoms with E-state index in [1.54, 1.807) is 0 Å². The molecule has 2 aromatic rings. The quantitative estimate of drug-likeness (QED) is 0.584. The minimum Gasteiger partial charge on any atom is -0.389 e. The summed E-state index contributed by atoms with van der Waals surface area (Å²) in [5, 5.41) is 30.0. The highest BCUT2D eigenvalue weighted by Crippen LogP contribution is 2.74. The number of benzene rings is 1. The number of nitrogens with one attached hydrogen (secondary N) is 1. The van der Waals surface area contributed by atoms with Crippen molar-refractivity contribution in [3.63, 3.8) is 0 Å². The van der Waals surface area contributed by atoms with Gasteiger partial charge in [0.25, 0.3) is 0 Å². The van der Waals surface area contributed by atoms with Gasteiger partial charge in [-0.25, -0.2) is 8.78 Å². The summed E-state index contributed by atoms with van der Waals surface area (Å²) in [6.45, 7) is 2.22. The molecule has 6 nitrogen and oxygen atoms in total. The van der Waals surface area contributed by atoms with E-state index in [4.69, 9.17) is 4.74 Å². The molecule has 4 fully saturated rings. The van der Waals surface area contributed by atoms with Crippen LogP contribution < -0.4 is 0 Å². The first-order valence-corrected chi connectivity index (χ1v) is 13.2. The maximum Gasteiger partial charge on any atom is 0.171 e. The Kier molecular flexibility index (Phi) is 4.49. The van der Waals surface area contributed by atoms with Crippen LogP contribution in [0.5, 0.6) is 0 Å². The zero-order valence-electron chi connectivity index (χ0n) is 21.1. The summed E-state index contributed by atoms with van der Waals surface area (Å²) in [7, 11) is 3.63. The highest BCUT2D eigenvalue weighted by atomic mass is 19.2. The van der Waals surface area contributed by atoms with Crippen molar-refractivity contribution in [1.29, 1.82) is 0 Å². The van der Waals surface area contributed by atoms with Gasteiger partial charge in [-0.1, -0.05) is 19.1 Å². The summed E-state index contributed by atoms with van der Waals surface area (Å²) in [4.78, 5) is 1.82. The van der Waals surface area contributed by atoms with Crippen LogP contribution in [0.2, 0.25) is 0 Å². The number of aliphatic hydroxyl groups excluding tert-OH is 2. The molecule has 2 saturated carbocycles. The third kappa shape index (κ3) is 2.52. The molecular formula is C28H35F2N3O3. The van der Waals surface area contributed by atoms with Gasteiger partial charge in [-0.05, 0) is 81.3 Å². The van der Waals surface area contributed by atoms with Crippen LogP contribution in [0.4, 0.5) is 8.78 Å². The smallest absolute Gasteiger partial charge is 0.171 e. The summed E-state index contributed by atoms with van der Waals surface area (Å²) < 4.78 is 40.9. The van der Waals surface area contributed by atoms with Crippen LogP contribution >= 0.6 is 0 Å². The number of rotatable bonds is 2. The molecule has 2 aliphatic heterocycles. The van der Waals surface area contributed by atoms with Crippen LogP contribution in [0.25, 0.3) is 16.5 Å². The monoisotopic (exact) mass is 499 g/mol. The number of ether oxygens (including phenoxy) is 1. The molecule has 194 valence electrons. The zero-order chi connectivity index (χ0) is 25.3. The van der Waals surface area contributed by atoms with Crippen molar-refractivity contribution in [2.24, 2.45) is 11.3 Å². The fourth-order valence-corrected chi connectivity index (χ4v) is 9.08. The lowest BCUT2D eigenvalue weighted by Crippen LogP contribution is -2.78. The van der Waals surface area contributed by atoms with Gasteiger partial charge >= 0.3 is 0 Å². The van der Waals surface area contributed by atoms with E-state index >= 15 is 8.78 Å².